The van der Waals surface area contributed by atoms with Crippen molar-refractivity contribution in [1.29, 1.82) is 0 Å². The van der Waals surface area contributed by atoms with Crippen molar-refractivity contribution in [2.75, 3.05) is 58.4 Å². The Morgan fingerprint density at radius 3 is 2.68 bits per heavy atom. The third-order valence-corrected chi connectivity index (χ3v) is 4.21. The zero-order chi connectivity index (χ0) is 18.2. The van der Waals surface area contributed by atoms with Gasteiger partial charge in [-0.15, -0.1) is 0 Å². The Morgan fingerprint density at radius 2 is 2.04 bits per heavy atom. The van der Waals surface area contributed by atoms with Gasteiger partial charge in [0.15, 0.2) is 0 Å². The fraction of sp³-hybridized carbons (Fsp3) is 0.588. The van der Waals surface area contributed by atoms with E-state index in [-0.39, 0.29) is 11.6 Å². The fourth-order valence-corrected chi connectivity index (χ4v) is 2.78. The maximum absolute atomic E-state index is 12.2. The van der Waals surface area contributed by atoms with E-state index in [4.69, 9.17) is 4.74 Å². The fourth-order valence-electron chi connectivity index (χ4n) is 2.78. The van der Waals surface area contributed by atoms with Crippen LogP contribution in [-0.2, 0) is 4.74 Å². The molecule has 1 fully saturated rings. The van der Waals surface area contributed by atoms with E-state index in [0.717, 1.165) is 45.7 Å². The first kappa shape index (κ1) is 19.1. The number of hydrogen-bond donors (Lipinski definition) is 1. The number of anilines is 1. The van der Waals surface area contributed by atoms with Gasteiger partial charge in [-0.1, -0.05) is 0 Å². The summed E-state index contributed by atoms with van der Waals surface area (Å²) in [6, 6.07) is 4.55. The molecule has 2 rings (SSSR count). The largest absolute Gasteiger partial charge is 0.379 e. The number of nitrogens with one attached hydrogen (secondary N) is 1. The van der Waals surface area contributed by atoms with Crippen molar-refractivity contribution in [3.05, 3.63) is 33.9 Å². The Bertz CT molecular complexity index is 600. The molecular formula is C17H26N4O4. The topological polar surface area (TPSA) is 88.0 Å². The van der Waals surface area contributed by atoms with Gasteiger partial charge in [-0.2, -0.15) is 0 Å². The van der Waals surface area contributed by atoms with Crippen LogP contribution in [0.25, 0.3) is 0 Å². The second-order valence-corrected chi connectivity index (χ2v) is 6.27. The molecule has 0 saturated carbocycles. The van der Waals surface area contributed by atoms with E-state index in [1.165, 1.54) is 6.07 Å². The van der Waals surface area contributed by atoms with Crippen molar-refractivity contribution < 1.29 is 14.5 Å². The molecule has 0 radical (unpaired) electrons. The highest BCUT2D eigenvalue weighted by atomic mass is 16.6. The minimum absolute atomic E-state index is 0.0648. The molecule has 8 heteroatoms. The number of amides is 1. The van der Waals surface area contributed by atoms with Gasteiger partial charge >= 0.3 is 0 Å². The molecule has 0 atom stereocenters. The van der Waals surface area contributed by atoms with Crippen molar-refractivity contribution >= 4 is 17.3 Å². The average Bonchev–Trinajstić information content (AvgIpc) is 2.61. The van der Waals surface area contributed by atoms with Gasteiger partial charge in [-0.3, -0.25) is 19.8 Å². The standard InChI is InChI=1S/C17H26N4O4/c1-19(2)15-6-5-14(13-16(15)21(23)24)17(22)18-7-3-4-8-20-9-11-25-12-10-20/h5-6,13H,3-4,7-12H2,1-2H3,(H,18,22). The minimum atomic E-state index is -0.464. The molecule has 138 valence electrons. The highest BCUT2D eigenvalue weighted by Crippen LogP contribution is 2.27. The van der Waals surface area contributed by atoms with Crippen molar-refractivity contribution in [2.24, 2.45) is 0 Å². The summed E-state index contributed by atoms with van der Waals surface area (Å²) in [6.45, 7) is 5.08. The molecule has 1 saturated heterocycles. The highest BCUT2D eigenvalue weighted by molar-refractivity contribution is 5.95. The summed E-state index contributed by atoms with van der Waals surface area (Å²) in [6.07, 6.45) is 1.88. The number of unbranched alkanes of at least 4 members (excludes halogenated alkanes) is 1. The van der Waals surface area contributed by atoms with Crippen LogP contribution in [0.5, 0.6) is 0 Å². The molecular weight excluding hydrogens is 324 g/mol. The molecule has 1 N–H and O–H groups in total. The first-order chi connectivity index (χ1) is 12.0. The van der Waals surface area contributed by atoms with Crippen LogP contribution < -0.4 is 10.2 Å². The number of nitro groups is 1. The third kappa shape index (κ3) is 5.68. The van der Waals surface area contributed by atoms with E-state index in [1.54, 1.807) is 31.1 Å². The Balaban J connectivity index is 1.80. The molecule has 1 aromatic rings. The first-order valence-corrected chi connectivity index (χ1v) is 8.53. The molecule has 0 bridgehead atoms. The summed E-state index contributed by atoms with van der Waals surface area (Å²) in [4.78, 5) is 26.9. The molecule has 1 heterocycles. The predicted molar refractivity (Wildman–Crippen MR) is 96.2 cm³/mol. The maximum Gasteiger partial charge on any atom is 0.293 e. The van der Waals surface area contributed by atoms with E-state index in [9.17, 15) is 14.9 Å². The van der Waals surface area contributed by atoms with Gasteiger partial charge in [-0.25, -0.2) is 0 Å². The van der Waals surface area contributed by atoms with Crippen molar-refractivity contribution in [3.8, 4) is 0 Å². The normalized spacial score (nSPS) is 15.0. The number of nitrogens with zero attached hydrogens (tertiary/aromatic N) is 3. The summed E-state index contributed by atoms with van der Waals surface area (Å²) in [5, 5.41) is 14.0. The van der Waals surface area contributed by atoms with Crippen LogP contribution in [0.4, 0.5) is 11.4 Å². The van der Waals surface area contributed by atoms with E-state index >= 15 is 0 Å². The molecule has 8 nitrogen and oxygen atoms in total. The van der Waals surface area contributed by atoms with Gasteiger partial charge in [0, 0.05) is 45.4 Å². The zero-order valence-electron chi connectivity index (χ0n) is 14.9. The summed E-state index contributed by atoms with van der Waals surface area (Å²) in [7, 11) is 3.47. The molecule has 25 heavy (non-hydrogen) atoms. The number of ether oxygens (including phenoxy) is 1. The minimum Gasteiger partial charge on any atom is -0.379 e. The molecule has 1 aromatic carbocycles. The maximum atomic E-state index is 12.2. The Labute approximate surface area is 147 Å². The third-order valence-electron chi connectivity index (χ3n) is 4.21. The smallest absolute Gasteiger partial charge is 0.293 e. The first-order valence-electron chi connectivity index (χ1n) is 8.53. The summed E-state index contributed by atoms with van der Waals surface area (Å²) in [5.41, 5.74) is 0.725. The lowest BCUT2D eigenvalue weighted by Gasteiger charge is -2.26. The number of nitro benzene ring substituents is 1. The molecule has 0 spiro atoms. The van der Waals surface area contributed by atoms with Crippen LogP contribution in [0.15, 0.2) is 18.2 Å². The SMILES string of the molecule is CN(C)c1ccc(C(=O)NCCCCN2CCOCC2)cc1[N+](=O)[O-]. The van der Waals surface area contributed by atoms with Crippen LogP contribution in [0, 0.1) is 10.1 Å². The number of rotatable bonds is 8. The van der Waals surface area contributed by atoms with Gasteiger partial charge in [0.2, 0.25) is 0 Å². The van der Waals surface area contributed by atoms with Crippen LogP contribution in [0.1, 0.15) is 23.2 Å². The average molecular weight is 350 g/mol. The lowest BCUT2D eigenvalue weighted by Crippen LogP contribution is -2.37. The van der Waals surface area contributed by atoms with Gasteiger partial charge in [0.25, 0.3) is 11.6 Å². The summed E-state index contributed by atoms with van der Waals surface area (Å²) in [5.74, 6) is -0.278. The van der Waals surface area contributed by atoms with Crippen LogP contribution in [0.3, 0.4) is 0 Å². The van der Waals surface area contributed by atoms with Crippen molar-refractivity contribution in [3.63, 3.8) is 0 Å². The van der Waals surface area contributed by atoms with E-state index < -0.39 is 4.92 Å². The monoisotopic (exact) mass is 350 g/mol. The lowest BCUT2D eigenvalue weighted by molar-refractivity contribution is -0.384. The Morgan fingerprint density at radius 1 is 1.32 bits per heavy atom. The number of carbonyl (C=O) groups is 1. The van der Waals surface area contributed by atoms with Gasteiger partial charge in [0.05, 0.1) is 18.1 Å². The number of carbonyl (C=O) groups excluding carboxylic acids is 1. The predicted octanol–water partition coefficient (Wildman–Crippen LogP) is 1.50. The summed E-state index contributed by atoms with van der Waals surface area (Å²) >= 11 is 0. The number of benzene rings is 1. The Kier molecular flexibility index (Phi) is 7.15. The second kappa shape index (κ2) is 9.33. The lowest BCUT2D eigenvalue weighted by atomic mass is 10.1. The van der Waals surface area contributed by atoms with Gasteiger partial charge < -0.3 is 15.0 Å². The Hall–Kier alpha value is -2.19. The second-order valence-electron chi connectivity index (χ2n) is 6.27. The molecule has 0 unspecified atom stereocenters. The van der Waals surface area contributed by atoms with Gasteiger partial charge in [-0.05, 0) is 31.5 Å². The van der Waals surface area contributed by atoms with E-state index in [0.29, 0.717) is 17.8 Å². The molecule has 0 aromatic heterocycles. The summed E-state index contributed by atoms with van der Waals surface area (Å²) < 4.78 is 5.31. The van der Waals surface area contributed by atoms with E-state index in [1.807, 2.05) is 0 Å². The van der Waals surface area contributed by atoms with Gasteiger partial charge in [0.1, 0.15) is 5.69 Å². The van der Waals surface area contributed by atoms with E-state index in [2.05, 4.69) is 10.2 Å². The van der Waals surface area contributed by atoms with Crippen molar-refractivity contribution in [1.82, 2.24) is 10.2 Å². The van der Waals surface area contributed by atoms with Crippen LogP contribution in [0.2, 0.25) is 0 Å². The highest BCUT2D eigenvalue weighted by Gasteiger charge is 2.18. The number of hydrogen-bond acceptors (Lipinski definition) is 6. The molecule has 0 aliphatic carbocycles. The number of morpholine rings is 1. The van der Waals surface area contributed by atoms with Crippen molar-refractivity contribution in [2.45, 2.75) is 12.8 Å². The molecule has 1 amide bonds. The molecule has 1 aliphatic rings. The molecule has 1 aliphatic heterocycles. The van der Waals surface area contributed by atoms with Crippen LogP contribution >= 0.6 is 0 Å². The van der Waals surface area contributed by atoms with Crippen LogP contribution in [-0.4, -0.2) is 69.2 Å². The zero-order valence-corrected chi connectivity index (χ0v) is 14.9. The quantitative estimate of drug-likeness (QED) is 0.434.